The maximum Gasteiger partial charge on any atom is 0.335 e. The summed E-state index contributed by atoms with van der Waals surface area (Å²) in [5.41, 5.74) is 0.822. The van der Waals surface area contributed by atoms with E-state index in [0.717, 1.165) is 24.2 Å². The number of ether oxygens (including phenoxy) is 2. The van der Waals surface area contributed by atoms with E-state index in [-0.39, 0.29) is 5.57 Å². The Morgan fingerprint density at radius 3 is 2.45 bits per heavy atom. The number of hydrogen-bond donors (Lipinski definition) is 1. The number of unbranched alkanes of at least 4 members (excludes halogenated alkanes) is 3. The van der Waals surface area contributed by atoms with Crippen LogP contribution >= 0.6 is 0 Å². The molecule has 162 valence electrons. The van der Waals surface area contributed by atoms with Crippen molar-refractivity contribution in [2.45, 2.75) is 32.6 Å². The maximum absolute atomic E-state index is 12.9. The number of para-hydroxylation sites is 1. The highest BCUT2D eigenvalue weighted by atomic mass is 16.5. The van der Waals surface area contributed by atoms with Crippen LogP contribution in [0.2, 0.25) is 0 Å². The molecule has 2 aromatic carbocycles. The fraction of sp³-hybridized carbons (Fsp3) is 0.292. The van der Waals surface area contributed by atoms with E-state index in [0.29, 0.717) is 29.4 Å². The molecule has 1 aliphatic rings. The van der Waals surface area contributed by atoms with Crippen molar-refractivity contribution in [1.29, 1.82) is 0 Å². The van der Waals surface area contributed by atoms with Crippen molar-refractivity contribution in [3.63, 3.8) is 0 Å². The molecule has 0 radical (unpaired) electrons. The number of amides is 4. The molecular formula is C24H26N2O5. The van der Waals surface area contributed by atoms with Gasteiger partial charge < -0.3 is 9.47 Å². The van der Waals surface area contributed by atoms with Crippen LogP contribution in [0.25, 0.3) is 6.08 Å². The van der Waals surface area contributed by atoms with Gasteiger partial charge in [-0.25, -0.2) is 9.69 Å². The zero-order valence-electron chi connectivity index (χ0n) is 17.7. The minimum absolute atomic E-state index is 0.140. The molecule has 4 amide bonds. The molecular weight excluding hydrogens is 396 g/mol. The van der Waals surface area contributed by atoms with Crippen LogP contribution < -0.4 is 19.7 Å². The lowest BCUT2D eigenvalue weighted by atomic mass is 10.1. The van der Waals surface area contributed by atoms with Crippen LogP contribution in [0, 0.1) is 0 Å². The van der Waals surface area contributed by atoms with Crippen molar-refractivity contribution in [3.8, 4) is 11.5 Å². The average Bonchev–Trinajstić information content (AvgIpc) is 2.77. The molecule has 7 nitrogen and oxygen atoms in total. The molecule has 0 aliphatic carbocycles. The molecule has 0 unspecified atom stereocenters. The highest BCUT2D eigenvalue weighted by Gasteiger charge is 2.36. The number of nitrogens with one attached hydrogen (secondary N) is 1. The first kappa shape index (κ1) is 22.1. The zero-order valence-corrected chi connectivity index (χ0v) is 17.7. The molecule has 1 saturated heterocycles. The second-order valence-corrected chi connectivity index (χ2v) is 7.11. The molecule has 0 spiro atoms. The van der Waals surface area contributed by atoms with Gasteiger partial charge in [-0.15, -0.1) is 0 Å². The lowest BCUT2D eigenvalue weighted by molar-refractivity contribution is -0.122. The summed E-state index contributed by atoms with van der Waals surface area (Å²) in [5.74, 6) is -0.321. The van der Waals surface area contributed by atoms with E-state index in [9.17, 15) is 14.4 Å². The topological polar surface area (TPSA) is 84.9 Å². The predicted octanol–water partition coefficient (Wildman–Crippen LogP) is 4.32. The summed E-state index contributed by atoms with van der Waals surface area (Å²) >= 11 is 0. The summed E-state index contributed by atoms with van der Waals surface area (Å²) in [6.07, 6.45) is 5.84. The van der Waals surface area contributed by atoms with Gasteiger partial charge in [0, 0.05) is 0 Å². The Hall–Kier alpha value is -3.61. The number of imide groups is 2. The van der Waals surface area contributed by atoms with Gasteiger partial charge in [0.1, 0.15) is 5.57 Å². The standard InChI is InChI=1S/C24H26N2O5/c1-3-4-5-9-14-31-20-13-12-17(16-21(20)30-2)15-19-22(27)25-24(29)26(23(19)28)18-10-7-6-8-11-18/h6-8,10-13,15-16H,3-5,9,14H2,1-2H3,(H,25,27,29)/b19-15-. The van der Waals surface area contributed by atoms with E-state index < -0.39 is 17.8 Å². The zero-order chi connectivity index (χ0) is 22.2. The van der Waals surface area contributed by atoms with Crippen molar-refractivity contribution >= 4 is 29.6 Å². The molecule has 1 N–H and O–H groups in total. The molecule has 0 bridgehead atoms. The molecule has 7 heteroatoms. The Morgan fingerprint density at radius 2 is 1.74 bits per heavy atom. The number of carbonyl (C=O) groups is 3. The number of carbonyl (C=O) groups excluding carboxylic acids is 3. The summed E-state index contributed by atoms with van der Waals surface area (Å²) in [6, 6.07) is 12.8. The average molecular weight is 422 g/mol. The molecule has 1 aliphatic heterocycles. The fourth-order valence-corrected chi connectivity index (χ4v) is 3.24. The molecule has 0 saturated carbocycles. The molecule has 0 atom stereocenters. The van der Waals surface area contributed by atoms with E-state index in [4.69, 9.17) is 9.47 Å². The number of hydrogen-bond acceptors (Lipinski definition) is 5. The van der Waals surface area contributed by atoms with Gasteiger partial charge in [0.15, 0.2) is 11.5 Å². The van der Waals surface area contributed by atoms with Crippen LogP contribution in [0.3, 0.4) is 0 Å². The van der Waals surface area contributed by atoms with E-state index >= 15 is 0 Å². The van der Waals surface area contributed by atoms with Crippen molar-refractivity contribution in [2.75, 3.05) is 18.6 Å². The number of barbiturate groups is 1. The van der Waals surface area contributed by atoms with Gasteiger partial charge in [0.2, 0.25) is 0 Å². The predicted molar refractivity (Wildman–Crippen MR) is 118 cm³/mol. The third-order valence-corrected chi connectivity index (χ3v) is 4.87. The van der Waals surface area contributed by atoms with Crippen LogP contribution in [-0.2, 0) is 9.59 Å². The summed E-state index contributed by atoms with van der Waals surface area (Å²) < 4.78 is 11.2. The first-order valence-corrected chi connectivity index (χ1v) is 10.3. The number of rotatable bonds is 9. The first-order chi connectivity index (χ1) is 15.0. The van der Waals surface area contributed by atoms with Gasteiger partial charge in [-0.1, -0.05) is 50.5 Å². The molecule has 1 fully saturated rings. The Labute approximate surface area is 181 Å². The van der Waals surface area contributed by atoms with Crippen LogP contribution in [0.4, 0.5) is 10.5 Å². The number of nitrogens with zero attached hydrogens (tertiary/aromatic N) is 1. The lowest BCUT2D eigenvalue weighted by Crippen LogP contribution is -2.54. The van der Waals surface area contributed by atoms with E-state index in [1.54, 1.807) is 48.5 Å². The van der Waals surface area contributed by atoms with Gasteiger partial charge in [-0.2, -0.15) is 0 Å². The number of methoxy groups -OCH3 is 1. The van der Waals surface area contributed by atoms with E-state index in [1.807, 2.05) is 0 Å². The van der Waals surface area contributed by atoms with Crippen LogP contribution in [0.5, 0.6) is 11.5 Å². The second-order valence-electron chi connectivity index (χ2n) is 7.11. The summed E-state index contributed by atoms with van der Waals surface area (Å²) in [7, 11) is 1.53. The van der Waals surface area contributed by atoms with Crippen molar-refractivity contribution < 1.29 is 23.9 Å². The second kappa shape index (κ2) is 10.4. The minimum atomic E-state index is -0.775. The summed E-state index contributed by atoms with van der Waals surface area (Å²) in [6.45, 7) is 2.75. The normalized spacial score (nSPS) is 15.2. The monoisotopic (exact) mass is 422 g/mol. The summed E-state index contributed by atoms with van der Waals surface area (Å²) in [4.78, 5) is 38.4. The smallest absolute Gasteiger partial charge is 0.335 e. The molecule has 31 heavy (non-hydrogen) atoms. The van der Waals surface area contributed by atoms with E-state index in [1.165, 1.54) is 19.6 Å². The summed E-state index contributed by atoms with van der Waals surface area (Å²) in [5, 5.41) is 2.22. The SMILES string of the molecule is CCCCCCOc1ccc(/C=C2/C(=O)NC(=O)N(c3ccccc3)C2=O)cc1OC. The third kappa shape index (κ3) is 5.31. The fourth-order valence-electron chi connectivity index (χ4n) is 3.24. The van der Waals surface area contributed by atoms with Crippen molar-refractivity contribution in [2.24, 2.45) is 0 Å². The van der Waals surface area contributed by atoms with Gasteiger partial charge >= 0.3 is 6.03 Å². The van der Waals surface area contributed by atoms with Crippen molar-refractivity contribution in [3.05, 3.63) is 59.7 Å². The van der Waals surface area contributed by atoms with Gasteiger partial charge in [-0.05, 0) is 42.3 Å². The van der Waals surface area contributed by atoms with Crippen molar-refractivity contribution in [1.82, 2.24) is 5.32 Å². The molecule has 3 rings (SSSR count). The third-order valence-electron chi connectivity index (χ3n) is 4.87. The number of benzene rings is 2. The van der Waals surface area contributed by atoms with E-state index in [2.05, 4.69) is 12.2 Å². The number of anilines is 1. The molecule has 2 aromatic rings. The first-order valence-electron chi connectivity index (χ1n) is 10.3. The Balaban J connectivity index is 1.81. The van der Waals surface area contributed by atoms with Gasteiger partial charge in [-0.3, -0.25) is 14.9 Å². The van der Waals surface area contributed by atoms with Crippen LogP contribution in [0.1, 0.15) is 38.2 Å². The van der Waals surface area contributed by atoms with Crippen LogP contribution in [0.15, 0.2) is 54.1 Å². The number of urea groups is 1. The van der Waals surface area contributed by atoms with Gasteiger partial charge in [0.25, 0.3) is 11.8 Å². The highest BCUT2D eigenvalue weighted by molar-refractivity contribution is 6.39. The Morgan fingerprint density at radius 1 is 0.968 bits per heavy atom. The Kier molecular flexibility index (Phi) is 7.43. The molecule has 0 aromatic heterocycles. The lowest BCUT2D eigenvalue weighted by Gasteiger charge is -2.26. The molecule has 1 heterocycles. The maximum atomic E-state index is 12.9. The quantitative estimate of drug-likeness (QED) is 0.370. The largest absolute Gasteiger partial charge is 0.493 e. The van der Waals surface area contributed by atoms with Gasteiger partial charge in [0.05, 0.1) is 19.4 Å². The Bertz CT molecular complexity index is 985. The highest BCUT2D eigenvalue weighted by Crippen LogP contribution is 2.30. The minimum Gasteiger partial charge on any atom is -0.493 e. The van der Waals surface area contributed by atoms with Crippen LogP contribution in [-0.4, -0.2) is 31.6 Å².